The van der Waals surface area contributed by atoms with Gasteiger partial charge in [-0.2, -0.15) is 0 Å². The van der Waals surface area contributed by atoms with Gasteiger partial charge in [-0.1, -0.05) is 6.92 Å². The second-order valence-electron chi connectivity index (χ2n) is 6.15. The molecular formula is C16H34IN7. The van der Waals surface area contributed by atoms with Crippen LogP contribution in [0.3, 0.4) is 0 Å². The molecule has 0 aliphatic rings. The standard InChI is InChI=1S/C16H33N7.HI/c1-7-15-21-20-12-22(15)10-8-18-16(17-6)19-9-11-23(13(2)3)14(4)5;/h12-14H,7-11H2,1-6H3,(H2,17,18,19);1H. The Morgan fingerprint density at radius 1 is 1.21 bits per heavy atom. The van der Waals surface area contributed by atoms with Gasteiger partial charge in [-0.15, -0.1) is 34.2 Å². The average molecular weight is 451 g/mol. The highest BCUT2D eigenvalue weighted by Gasteiger charge is 2.12. The SMILES string of the molecule is CCc1nncn1CCNC(=NC)NCCN(C(C)C)C(C)C.I. The summed E-state index contributed by atoms with van der Waals surface area (Å²) in [4.78, 5) is 6.73. The smallest absolute Gasteiger partial charge is 0.191 e. The number of guanidine groups is 1. The molecule has 2 N–H and O–H groups in total. The molecule has 1 rings (SSSR count). The largest absolute Gasteiger partial charge is 0.355 e. The minimum Gasteiger partial charge on any atom is -0.355 e. The Balaban J connectivity index is 0.00000529. The van der Waals surface area contributed by atoms with Crippen LogP contribution in [0.4, 0.5) is 0 Å². The van der Waals surface area contributed by atoms with Crippen LogP contribution in [0, 0.1) is 0 Å². The summed E-state index contributed by atoms with van der Waals surface area (Å²) in [6.07, 6.45) is 2.67. The molecule has 0 bridgehead atoms. The van der Waals surface area contributed by atoms with Crippen molar-refractivity contribution in [1.82, 2.24) is 30.3 Å². The highest BCUT2D eigenvalue weighted by molar-refractivity contribution is 14.0. The van der Waals surface area contributed by atoms with E-state index in [0.717, 1.165) is 44.4 Å². The van der Waals surface area contributed by atoms with Crippen molar-refractivity contribution in [2.75, 3.05) is 26.7 Å². The van der Waals surface area contributed by atoms with Crippen LogP contribution in [0.5, 0.6) is 0 Å². The van der Waals surface area contributed by atoms with E-state index in [1.807, 2.05) is 0 Å². The predicted molar refractivity (Wildman–Crippen MR) is 111 cm³/mol. The van der Waals surface area contributed by atoms with Crippen molar-refractivity contribution in [3.8, 4) is 0 Å². The fourth-order valence-corrected chi connectivity index (χ4v) is 2.67. The third-order valence-electron chi connectivity index (χ3n) is 3.87. The monoisotopic (exact) mass is 451 g/mol. The van der Waals surface area contributed by atoms with Crippen molar-refractivity contribution in [2.45, 2.75) is 59.7 Å². The molecule has 0 aromatic carbocycles. The zero-order valence-corrected chi connectivity index (χ0v) is 18.2. The zero-order chi connectivity index (χ0) is 17.2. The summed E-state index contributed by atoms with van der Waals surface area (Å²) >= 11 is 0. The van der Waals surface area contributed by atoms with Crippen molar-refractivity contribution in [2.24, 2.45) is 4.99 Å². The lowest BCUT2D eigenvalue weighted by molar-refractivity contribution is 0.178. The van der Waals surface area contributed by atoms with Crippen LogP contribution in [0.25, 0.3) is 0 Å². The number of hydrogen-bond donors (Lipinski definition) is 2. The normalized spacial score (nSPS) is 12.0. The molecule has 140 valence electrons. The number of rotatable bonds is 9. The quantitative estimate of drug-likeness (QED) is 0.340. The molecule has 0 aliphatic carbocycles. The number of aromatic nitrogens is 3. The van der Waals surface area contributed by atoms with E-state index < -0.39 is 0 Å². The molecular weight excluding hydrogens is 417 g/mol. The molecule has 0 fully saturated rings. The van der Waals surface area contributed by atoms with Gasteiger partial charge in [0.1, 0.15) is 12.2 Å². The number of aryl methyl sites for hydroxylation is 1. The van der Waals surface area contributed by atoms with Crippen LogP contribution < -0.4 is 10.6 Å². The van der Waals surface area contributed by atoms with Gasteiger partial charge in [-0.05, 0) is 27.7 Å². The molecule has 0 aliphatic heterocycles. The van der Waals surface area contributed by atoms with Crippen molar-refractivity contribution >= 4 is 29.9 Å². The van der Waals surface area contributed by atoms with Gasteiger partial charge in [0.25, 0.3) is 0 Å². The van der Waals surface area contributed by atoms with Crippen molar-refractivity contribution in [1.29, 1.82) is 0 Å². The number of hydrogen-bond acceptors (Lipinski definition) is 4. The third kappa shape index (κ3) is 7.78. The van der Waals surface area contributed by atoms with Crippen LogP contribution in [-0.4, -0.2) is 64.4 Å². The van der Waals surface area contributed by atoms with E-state index in [4.69, 9.17) is 0 Å². The first-order valence-electron chi connectivity index (χ1n) is 8.56. The van der Waals surface area contributed by atoms with Gasteiger partial charge >= 0.3 is 0 Å². The maximum atomic E-state index is 4.27. The van der Waals surface area contributed by atoms with Crippen LogP contribution in [-0.2, 0) is 13.0 Å². The minimum atomic E-state index is 0. The van der Waals surface area contributed by atoms with Gasteiger partial charge < -0.3 is 15.2 Å². The maximum Gasteiger partial charge on any atom is 0.191 e. The highest BCUT2D eigenvalue weighted by atomic mass is 127. The number of nitrogens with one attached hydrogen (secondary N) is 2. The first kappa shape index (κ1) is 23.1. The van der Waals surface area contributed by atoms with Crippen molar-refractivity contribution in [3.63, 3.8) is 0 Å². The van der Waals surface area contributed by atoms with E-state index in [9.17, 15) is 0 Å². The second-order valence-corrected chi connectivity index (χ2v) is 6.15. The zero-order valence-electron chi connectivity index (χ0n) is 15.9. The Morgan fingerprint density at radius 3 is 2.38 bits per heavy atom. The van der Waals surface area contributed by atoms with Crippen molar-refractivity contribution < 1.29 is 0 Å². The Hall–Kier alpha value is -0.900. The Labute approximate surface area is 163 Å². The molecule has 24 heavy (non-hydrogen) atoms. The first-order chi connectivity index (χ1) is 11.0. The summed E-state index contributed by atoms with van der Waals surface area (Å²) in [5.74, 6) is 1.85. The van der Waals surface area contributed by atoms with E-state index >= 15 is 0 Å². The van der Waals surface area contributed by atoms with Gasteiger partial charge in [0.15, 0.2) is 5.96 Å². The molecule has 0 atom stereocenters. The average Bonchev–Trinajstić information content (AvgIpc) is 2.96. The minimum absolute atomic E-state index is 0. The lowest BCUT2D eigenvalue weighted by Gasteiger charge is -2.30. The second kappa shape index (κ2) is 12.5. The highest BCUT2D eigenvalue weighted by Crippen LogP contribution is 2.03. The number of nitrogens with zero attached hydrogens (tertiary/aromatic N) is 5. The molecule has 0 amide bonds. The molecule has 0 radical (unpaired) electrons. The fourth-order valence-electron chi connectivity index (χ4n) is 2.67. The number of halogens is 1. The van der Waals surface area contributed by atoms with Crippen LogP contribution in [0.15, 0.2) is 11.3 Å². The fraction of sp³-hybridized carbons (Fsp3) is 0.812. The number of aliphatic imine (C=N–C) groups is 1. The summed E-state index contributed by atoms with van der Waals surface area (Å²) in [6, 6.07) is 1.10. The molecule has 7 nitrogen and oxygen atoms in total. The lowest BCUT2D eigenvalue weighted by Crippen LogP contribution is -2.45. The van der Waals surface area contributed by atoms with Crippen LogP contribution >= 0.6 is 24.0 Å². The third-order valence-corrected chi connectivity index (χ3v) is 3.87. The van der Waals surface area contributed by atoms with Gasteiger partial charge in [0.05, 0.1) is 0 Å². The van der Waals surface area contributed by atoms with Gasteiger partial charge in [-0.25, -0.2) is 0 Å². The Bertz CT molecular complexity index is 463. The van der Waals surface area contributed by atoms with E-state index in [-0.39, 0.29) is 24.0 Å². The Morgan fingerprint density at radius 2 is 1.83 bits per heavy atom. The summed E-state index contributed by atoms with van der Waals surface area (Å²) in [5, 5.41) is 14.7. The maximum absolute atomic E-state index is 4.27. The Kier molecular flexibility index (Phi) is 12.0. The van der Waals surface area contributed by atoms with Crippen LogP contribution in [0.2, 0.25) is 0 Å². The molecule has 0 saturated carbocycles. The van der Waals surface area contributed by atoms with Gasteiger partial charge in [0.2, 0.25) is 0 Å². The van der Waals surface area contributed by atoms with Gasteiger partial charge in [0, 0.05) is 51.7 Å². The van der Waals surface area contributed by atoms with Crippen LogP contribution in [0.1, 0.15) is 40.4 Å². The molecule has 0 saturated heterocycles. The van der Waals surface area contributed by atoms with Gasteiger partial charge in [-0.3, -0.25) is 9.89 Å². The molecule has 1 aromatic rings. The summed E-state index contributed by atoms with van der Waals surface area (Å²) in [6.45, 7) is 14.5. The summed E-state index contributed by atoms with van der Waals surface area (Å²) in [7, 11) is 1.80. The summed E-state index contributed by atoms with van der Waals surface area (Å²) in [5.41, 5.74) is 0. The molecule has 8 heteroatoms. The summed E-state index contributed by atoms with van der Waals surface area (Å²) < 4.78 is 2.07. The van der Waals surface area contributed by atoms with E-state index in [2.05, 4.69) is 69.9 Å². The molecule has 0 spiro atoms. The topological polar surface area (TPSA) is 70.4 Å². The first-order valence-corrected chi connectivity index (χ1v) is 8.56. The van der Waals surface area contributed by atoms with E-state index in [1.165, 1.54) is 0 Å². The predicted octanol–water partition coefficient (Wildman–Crippen LogP) is 1.74. The molecule has 0 unspecified atom stereocenters. The molecule has 1 aromatic heterocycles. The van der Waals surface area contributed by atoms with E-state index in [0.29, 0.717) is 12.1 Å². The van der Waals surface area contributed by atoms with E-state index in [1.54, 1.807) is 13.4 Å². The molecule has 1 heterocycles. The van der Waals surface area contributed by atoms with Crippen molar-refractivity contribution in [3.05, 3.63) is 12.2 Å². The lowest BCUT2D eigenvalue weighted by atomic mass is 10.2.